The number of unbranched alkanes of at least 4 members (excludes halogenated alkanes) is 2. The summed E-state index contributed by atoms with van der Waals surface area (Å²) in [5.41, 5.74) is 5.47. The van der Waals surface area contributed by atoms with E-state index >= 15 is 0 Å². The Hall–Kier alpha value is -3.96. The second-order valence-corrected chi connectivity index (χ2v) is 18.3. The maximum absolute atomic E-state index is 13.2. The molecule has 3 aliphatic heterocycles. The minimum atomic E-state index is -4.35. The van der Waals surface area contributed by atoms with E-state index in [1.165, 1.54) is 12.2 Å². The molecule has 3 amide bonds. The van der Waals surface area contributed by atoms with Gasteiger partial charge in [-0.2, -0.15) is 4.58 Å². The summed E-state index contributed by atoms with van der Waals surface area (Å²) in [5, 5.41) is 2.78. The van der Waals surface area contributed by atoms with Crippen molar-refractivity contribution >= 4 is 55.0 Å². The molecule has 0 aromatic heterocycles. The number of hydrogen-bond acceptors (Lipinski definition) is 10. The van der Waals surface area contributed by atoms with Crippen LogP contribution in [0, 0.1) is 0 Å². The van der Waals surface area contributed by atoms with Crippen molar-refractivity contribution in [2.45, 2.75) is 64.2 Å². The number of fused-ring (bicyclic) bond motifs is 2. The fraction of sp³-hybridized carbons (Fsp3) is 0.381. The second-order valence-electron chi connectivity index (χ2n) is 15.2. The first-order chi connectivity index (χ1) is 26.8. The van der Waals surface area contributed by atoms with Crippen LogP contribution in [0.15, 0.2) is 103 Å². The van der Waals surface area contributed by atoms with Crippen molar-refractivity contribution in [2.24, 2.45) is 0 Å². The molecular weight excluding hydrogens is 792 g/mol. The molecule has 0 unspecified atom stereocenters. The summed E-state index contributed by atoms with van der Waals surface area (Å²) in [5.74, 6) is -2.04. The topological polar surface area (TPSA) is 187 Å². The van der Waals surface area contributed by atoms with Crippen molar-refractivity contribution in [3.63, 3.8) is 0 Å². The standard InChI is InChI=1S/C42H50N4O9S2.Na/c1-41(2)32-16-10-11-17-34(32)44(25-12-14-28-56(50,51)52)36(41)18-8-6-5-7-9-19-37-42(3,4)33-30-31(40(49)43-24-27-46-38(47)22-23-39(46)48)20-21-35(33)45(37)26-13-15-29-57(53,54)55;/h5-11,16-23,30H,12-15,24-29H2,1-4H3,(H2-,43,49,50,51,52,53,54,55);/q;+1/p-1. The average molecular weight is 841 g/mol. The molecule has 0 atom stereocenters. The van der Waals surface area contributed by atoms with E-state index in [4.69, 9.17) is 0 Å². The van der Waals surface area contributed by atoms with Crippen LogP contribution in [-0.2, 0) is 40.7 Å². The predicted molar refractivity (Wildman–Crippen MR) is 217 cm³/mol. The van der Waals surface area contributed by atoms with E-state index in [1.54, 1.807) is 6.07 Å². The summed E-state index contributed by atoms with van der Waals surface area (Å²) in [6.07, 6.45) is 17.4. The Bertz CT molecular complexity index is 2310. The Morgan fingerprint density at radius 3 is 2.05 bits per heavy atom. The van der Waals surface area contributed by atoms with Gasteiger partial charge >= 0.3 is 29.6 Å². The monoisotopic (exact) mass is 840 g/mol. The summed E-state index contributed by atoms with van der Waals surface area (Å²) in [7, 11) is -8.62. The van der Waals surface area contributed by atoms with Gasteiger partial charge in [0.05, 0.1) is 25.7 Å². The van der Waals surface area contributed by atoms with Gasteiger partial charge in [0.2, 0.25) is 5.69 Å². The molecule has 3 aliphatic rings. The molecule has 0 radical (unpaired) electrons. The van der Waals surface area contributed by atoms with Crippen LogP contribution in [0.2, 0.25) is 0 Å². The van der Waals surface area contributed by atoms with Crippen LogP contribution in [0.5, 0.6) is 0 Å². The molecule has 3 heterocycles. The number of rotatable bonds is 18. The zero-order valence-electron chi connectivity index (χ0n) is 33.6. The summed E-state index contributed by atoms with van der Waals surface area (Å²) in [4.78, 5) is 40.0. The molecule has 1 N–H and O–H groups in total. The Kier molecular flexibility index (Phi) is 15.6. The number of nitrogens with one attached hydrogen (secondary N) is 1. The van der Waals surface area contributed by atoms with Gasteiger partial charge in [-0.05, 0) is 62.9 Å². The number of carbonyl (C=O) groups is 3. The van der Waals surface area contributed by atoms with Crippen LogP contribution >= 0.6 is 0 Å². The molecule has 58 heavy (non-hydrogen) atoms. The number of para-hydroxylation sites is 1. The van der Waals surface area contributed by atoms with Crippen molar-refractivity contribution in [3.8, 4) is 0 Å². The molecule has 2 aromatic carbocycles. The normalized spacial score (nSPS) is 18.0. The quantitative estimate of drug-likeness (QED) is 0.0579. The van der Waals surface area contributed by atoms with Gasteiger partial charge in [0, 0.05) is 89.8 Å². The second kappa shape index (κ2) is 19.4. The molecular formula is C42H49N4NaO9S2. The summed E-state index contributed by atoms with van der Waals surface area (Å²) >= 11 is 0. The van der Waals surface area contributed by atoms with E-state index in [0.717, 1.165) is 38.8 Å². The molecule has 5 rings (SSSR count). The van der Waals surface area contributed by atoms with Gasteiger partial charge in [-0.25, -0.2) is 16.8 Å². The number of anilines is 1. The first-order valence-corrected chi connectivity index (χ1v) is 22.0. The van der Waals surface area contributed by atoms with Gasteiger partial charge in [-0.3, -0.25) is 19.3 Å². The van der Waals surface area contributed by atoms with Crippen LogP contribution in [0.3, 0.4) is 0 Å². The van der Waals surface area contributed by atoms with Crippen LogP contribution < -0.4 is 39.8 Å². The third-order valence-electron chi connectivity index (χ3n) is 10.5. The number of nitrogens with zero attached hydrogens (tertiary/aromatic N) is 3. The predicted octanol–water partition coefficient (Wildman–Crippen LogP) is 1.72. The summed E-state index contributed by atoms with van der Waals surface area (Å²) < 4.78 is 69.4. The number of allylic oxidation sites excluding steroid dienone is 8. The minimum absolute atomic E-state index is 0. The molecule has 13 nitrogen and oxygen atoms in total. The number of hydrogen-bond donors (Lipinski definition) is 1. The Balaban J connectivity index is 0.00000744. The van der Waals surface area contributed by atoms with E-state index in [2.05, 4.69) is 34.7 Å². The maximum atomic E-state index is 13.2. The van der Waals surface area contributed by atoms with Gasteiger partial charge < -0.3 is 19.3 Å². The van der Waals surface area contributed by atoms with Crippen LogP contribution in [-0.4, -0.2) is 96.5 Å². The molecule has 0 aliphatic carbocycles. The zero-order valence-corrected chi connectivity index (χ0v) is 37.3. The molecule has 0 saturated heterocycles. The van der Waals surface area contributed by atoms with Crippen molar-refractivity contribution in [3.05, 3.63) is 120 Å². The molecule has 2 aromatic rings. The van der Waals surface area contributed by atoms with Gasteiger partial charge in [0.1, 0.15) is 6.54 Å². The number of carbonyl (C=O) groups excluding carboxylic acids is 3. The largest absolute Gasteiger partial charge is 1.00 e. The van der Waals surface area contributed by atoms with E-state index in [-0.39, 0.29) is 72.6 Å². The first kappa shape index (κ1) is 46.7. The summed E-state index contributed by atoms with van der Waals surface area (Å²) in [6, 6.07) is 13.5. The fourth-order valence-electron chi connectivity index (χ4n) is 7.56. The van der Waals surface area contributed by atoms with Crippen molar-refractivity contribution < 1.29 is 74.5 Å². The summed E-state index contributed by atoms with van der Waals surface area (Å²) in [6.45, 7) is 9.52. The molecule has 0 fully saturated rings. The SMILES string of the molecule is CC1(C)C(/C=C/C=C/C=C/C=C2/N(CCCCS(=O)(=O)[O-])c3ccc(C(=O)NCCN4C(=O)C=CC4=O)cc3C2(C)C)=[N+](CCCCS(=O)(=O)[O-])c2ccccc21.[Na+]. The van der Waals surface area contributed by atoms with Crippen LogP contribution in [0.25, 0.3) is 0 Å². The average Bonchev–Trinajstić information content (AvgIpc) is 3.65. The van der Waals surface area contributed by atoms with Gasteiger partial charge in [0.25, 0.3) is 17.7 Å². The maximum Gasteiger partial charge on any atom is 1.00 e. The van der Waals surface area contributed by atoms with Gasteiger partial charge in [-0.15, -0.1) is 0 Å². The minimum Gasteiger partial charge on any atom is -0.748 e. The molecule has 16 heteroatoms. The molecule has 304 valence electrons. The molecule has 0 bridgehead atoms. The van der Waals surface area contributed by atoms with Gasteiger partial charge in [-0.1, -0.05) is 62.4 Å². The third kappa shape index (κ3) is 11.4. The van der Waals surface area contributed by atoms with Gasteiger partial charge in [0.15, 0.2) is 5.71 Å². The number of benzene rings is 2. The van der Waals surface area contributed by atoms with Crippen molar-refractivity contribution in [1.29, 1.82) is 0 Å². The zero-order chi connectivity index (χ0) is 41.6. The van der Waals surface area contributed by atoms with E-state index in [9.17, 15) is 40.3 Å². The Morgan fingerprint density at radius 2 is 1.38 bits per heavy atom. The number of imide groups is 1. The molecule has 0 spiro atoms. The first-order valence-electron chi connectivity index (χ1n) is 18.9. The Morgan fingerprint density at radius 1 is 0.759 bits per heavy atom. The van der Waals surface area contributed by atoms with Crippen molar-refractivity contribution in [2.75, 3.05) is 42.6 Å². The van der Waals surface area contributed by atoms with Crippen molar-refractivity contribution in [1.82, 2.24) is 10.2 Å². The number of amides is 3. The van der Waals surface area contributed by atoms with E-state index < -0.39 is 43.2 Å². The smallest absolute Gasteiger partial charge is 0.748 e. The van der Waals surface area contributed by atoms with E-state index in [0.29, 0.717) is 31.5 Å². The van der Waals surface area contributed by atoms with Crippen LogP contribution in [0.4, 0.5) is 11.4 Å². The van der Waals surface area contributed by atoms with E-state index in [1.807, 2.05) is 86.7 Å². The molecule has 0 saturated carbocycles. The Labute approximate surface area is 363 Å². The van der Waals surface area contributed by atoms with Crippen LogP contribution in [0.1, 0.15) is 74.9 Å². The third-order valence-corrected chi connectivity index (χ3v) is 12.1. The fourth-order valence-corrected chi connectivity index (χ4v) is 8.67.